The Bertz CT molecular complexity index is 4430. The molecule has 17 nitrogen and oxygen atoms in total. The summed E-state index contributed by atoms with van der Waals surface area (Å²) in [6, 6.07) is 51.6. The minimum Gasteiger partial charge on any atom is -0.497 e. The molecule has 1 unspecified atom stereocenters. The Hall–Kier alpha value is -10.4. The van der Waals surface area contributed by atoms with Crippen molar-refractivity contribution in [1.29, 1.82) is 0 Å². The molecule has 18 heteroatoms. The molecular formula is C96H118FN10O7+. The highest BCUT2D eigenvalue weighted by Gasteiger charge is 2.45. The van der Waals surface area contributed by atoms with Crippen LogP contribution in [0.5, 0.6) is 17.2 Å². The Morgan fingerprint density at radius 1 is 0.596 bits per heavy atom. The number of nitrogens with zero attached hydrogens (tertiary/aromatic N) is 8. The van der Waals surface area contributed by atoms with Gasteiger partial charge in [-0.2, -0.15) is 4.58 Å². The lowest BCUT2D eigenvalue weighted by atomic mass is 9.79. The van der Waals surface area contributed by atoms with Crippen LogP contribution < -0.4 is 29.7 Å². The first-order valence-electron chi connectivity index (χ1n) is 41.3. The van der Waals surface area contributed by atoms with Gasteiger partial charge in [0.1, 0.15) is 23.8 Å². The summed E-state index contributed by atoms with van der Waals surface area (Å²) in [5.74, 6) is 2.22. The predicted octanol–water partition coefficient (Wildman–Crippen LogP) is 19.7. The molecule has 600 valence electrons. The Morgan fingerprint density at radius 2 is 1.20 bits per heavy atom. The number of methoxy groups -OCH3 is 2. The fraction of sp³-hybridized carbons (Fsp3) is 0.417. The van der Waals surface area contributed by atoms with Crippen LogP contribution in [0.25, 0.3) is 5.57 Å². The number of aryl methyl sites for hydroxylation is 1. The van der Waals surface area contributed by atoms with Crippen molar-refractivity contribution in [2.24, 2.45) is 0 Å². The molecule has 2 amide bonds. The van der Waals surface area contributed by atoms with Gasteiger partial charge in [0.05, 0.1) is 55.1 Å². The summed E-state index contributed by atoms with van der Waals surface area (Å²) in [5, 5.41) is 5.75. The van der Waals surface area contributed by atoms with Crippen molar-refractivity contribution >= 4 is 40.4 Å². The molecule has 6 heterocycles. The van der Waals surface area contributed by atoms with Gasteiger partial charge in [-0.15, -0.1) is 0 Å². The number of ether oxygens (including phenoxy) is 4. The third-order valence-electron chi connectivity index (χ3n) is 22.0. The molecule has 11 rings (SSSR count). The summed E-state index contributed by atoms with van der Waals surface area (Å²) in [6.45, 7) is 21.2. The standard InChI is InChI=1S/C96H117FN10O7/c1-10-12-26-57-107-88-47-45-82(112-9)63-85(88)96(6,7)91(107)49-43-75-30-28-29-74(42-48-90-95(4,5)84-62-81(111-8)44-46-87(84)106(90)56-13-11-2)93(75)76-40-37-71(38-41-76)39-50-92(109)103-86(35-20-25-55-102-94(110)114-70(3)97)89(108)36-15-14-27-58-113-83-60-72(64-104(66-77-31-16-21-51-98-77)67-78-32-17-22-52-99-78)59-73(61-83)65-105(68-79-33-18-23-53-100-79)69-80-34-19-24-54-101-80/h16-19,21-24,31-34,37-38,40-49,51-54,59-63,70,86H,10-15,20,25-30,35-36,39,50,55-58,64-69H2,1-9H3,(H-,102,103,109,110)/p+1/t70?,86-/m0/s1/i97-1. The monoisotopic (exact) mass is 1540 g/mol. The first-order valence-corrected chi connectivity index (χ1v) is 41.3. The number of hydrogen-bond acceptors (Lipinski definition) is 14. The molecular weight excluding hydrogens is 1420 g/mol. The Labute approximate surface area is 675 Å². The largest absolute Gasteiger partial charge is 0.497 e. The maximum absolute atomic E-state index is 14.4. The summed E-state index contributed by atoms with van der Waals surface area (Å²) in [5.41, 5.74) is 19.0. The van der Waals surface area contributed by atoms with Crippen LogP contribution in [0.15, 0.2) is 218 Å². The molecule has 114 heavy (non-hydrogen) atoms. The van der Waals surface area contributed by atoms with Crippen molar-refractivity contribution in [3.05, 3.63) is 274 Å². The second-order valence-corrected chi connectivity index (χ2v) is 31.5. The average Bonchev–Trinajstić information content (AvgIpc) is 1.59. The maximum Gasteiger partial charge on any atom is 0.409 e. The van der Waals surface area contributed by atoms with Gasteiger partial charge < -0.3 is 34.5 Å². The average molecular weight is 1540 g/mol. The van der Waals surface area contributed by atoms with Crippen molar-refractivity contribution in [1.82, 2.24) is 40.4 Å². The van der Waals surface area contributed by atoms with Crippen LogP contribution in [0.3, 0.4) is 0 Å². The van der Waals surface area contributed by atoms with E-state index in [1.165, 1.54) is 50.6 Å². The number of alkyl halides is 1. The van der Waals surface area contributed by atoms with Crippen molar-refractivity contribution in [2.45, 2.75) is 220 Å². The van der Waals surface area contributed by atoms with Gasteiger partial charge in [0.15, 0.2) is 11.5 Å². The highest BCUT2D eigenvalue weighted by Crippen LogP contribution is 2.50. The fourth-order valence-electron chi connectivity index (χ4n) is 16.1. The quantitative estimate of drug-likeness (QED) is 0.0273. The molecule has 0 spiro atoms. The number of anilines is 1. The molecule has 2 atom stereocenters. The minimum atomic E-state index is -1.74. The number of allylic oxidation sites excluding steroid dienone is 8. The van der Waals surface area contributed by atoms with E-state index in [0.29, 0.717) is 84.4 Å². The van der Waals surface area contributed by atoms with Crippen LogP contribution >= 0.6 is 0 Å². The van der Waals surface area contributed by atoms with E-state index in [9.17, 15) is 18.8 Å². The zero-order valence-corrected chi connectivity index (χ0v) is 68.6. The van der Waals surface area contributed by atoms with E-state index >= 15 is 0 Å². The fourth-order valence-corrected chi connectivity index (χ4v) is 16.1. The van der Waals surface area contributed by atoms with Gasteiger partial charge >= 0.3 is 6.09 Å². The zero-order valence-electron chi connectivity index (χ0n) is 68.6. The first kappa shape index (κ1) is 84.5. The number of alkyl carbamates (subject to hydrolysis) is 1. The maximum atomic E-state index is 14.4. The molecule has 0 radical (unpaired) electrons. The normalized spacial score (nSPS) is 15.6. The topological polar surface area (TPSA) is 176 Å². The number of halogens is 1. The number of rotatable bonds is 43. The first-order chi connectivity index (χ1) is 55.4. The van der Waals surface area contributed by atoms with Crippen LogP contribution in [0.1, 0.15) is 207 Å². The molecule has 0 bridgehead atoms. The van der Waals surface area contributed by atoms with Crippen LogP contribution in [-0.2, 0) is 70.8 Å². The van der Waals surface area contributed by atoms with Gasteiger partial charge in [-0.3, -0.25) is 39.3 Å². The molecule has 3 aliphatic rings. The number of ketones is 1. The molecule has 4 aromatic carbocycles. The number of nitrogens with one attached hydrogen (secondary N) is 2. The number of Topliss-reactive ketones (excluding diaryl/α,β-unsaturated/α-hetero) is 1. The third kappa shape index (κ3) is 23.6. The summed E-state index contributed by atoms with van der Waals surface area (Å²) in [4.78, 5) is 66.8. The van der Waals surface area contributed by atoms with Crippen molar-refractivity contribution in [3.8, 4) is 17.2 Å². The third-order valence-corrected chi connectivity index (χ3v) is 22.0. The van der Waals surface area contributed by atoms with Gasteiger partial charge in [0.2, 0.25) is 18.0 Å². The summed E-state index contributed by atoms with van der Waals surface area (Å²) in [6.07, 6.45) is 27.1. The van der Waals surface area contributed by atoms with E-state index in [1.54, 1.807) is 14.2 Å². The number of unbranched alkanes of at least 4 members (excludes halogenated alkanes) is 6. The molecule has 0 saturated carbocycles. The number of amides is 2. The van der Waals surface area contributed by atoms with Gasteiger partial charge in [-0.05, 0) is 233 Å². The molecule has 1 aliphatic carbocycles. The van der Waals surface area contributed by atoms with E-state index in [2.05, 4.69) is 204 Å². The van der Waals surface area contributed by atoms with Crippen LogP contribution in [0, 0.1) is 0 Å². The van der Waals surface area contributed by atoms with Gasteiger partial charge in [-0.1, -0.05) is 107 Å². The Morgan fingerprint density at radius 3 is 1.78 bits per heavy atom. The summed E-state index contributed by atoms with van der Waals surface area (Å²) in [7, 11) is 3.48. The number of hydrogen-bond donors (Lipinski definition) is 2. The number of pyridine rings is 4. The molecule has 2 N–H and O–H groups in total. The molecule has 0 saturated heterocycles. The second kappa shape index (κ2) is 42.1. The number of fused-ring (bicyclic) bond motifs is 2. The second-order valence-electron chi connectivity index (χ2n) is 31.5. The van der Waals surface area contributed by atoms with Crippen molar-refractivity contribution < 1.29 is 42.3 Å². The molecule has 0 fully saturated rings. The van der Waals surface area contributed by atoms with E-state index in [4.69, 9.17) is 34.1 Å². The lowest BCUT2D eigenvalue weighted by Crippen LogP contribution is -2.41. The van der Waals surface area contributed by atoms with Crippen molar-refractivity contribution in [2.75, 3.05) is 45.4 Å². The molecule has 2 aliphatic heterocycles. The molecule has 4 aromatic heterocycles. The SMILES string of the molecule is CCCCC[N+]1=C(/C=C/C2=C(c3ccc(CCC(=O)N[C@@H](CCCCNC(=O)OC(C)[18F])C(=O)CCCCCOc4cc(CN(Cc5ccccn5)Cc5ccccn5)cc(CN(Cc5ccccn5)Cc5ccccn5)c4)cc3)C(=C/C=C3/N(CCCC)c4ccc(OC)cc4C3(C)C)/CCC2)C(C)(C)c2cc(OC)ccc21. The van der Waals surface area contributed by atoms with E-state index < -0.39 is 18.5 Å². The Kier molecular flexibility index (Phi) is 31.2. The minimum absolute atomic E-state index is 0.0459. The highest BCUT2D eigenvalue weighted by atomic mass is 18.2. The highest BCUT2D eigenvalue weighted by molar-refractivity contribution is 6.04. The summed E-state index contributed by atoms with van der Waals surface area (Å²) < 4.78 is 38.9. The van der Waals surface area contributed by atoms with Gasteiger partial charge in [-0.25, -0.2) is 9.18 Å². The van der Waals surface area contributed by atoms with Crippen LogP contribution in [-0.4, -0.2) is 111 Å². The van der Waals surface area contributed by atoms with E-state index in [-0.39, 0.29) is 41.9 Å². The lowest BCUT2D eigenvalue weighted by Gasteiger charge is -2.27. The zero-order chi connectivity index (χ0) is 80.2. The summed E-state index contributed by atoms with van der Waals surface area (Å²) >= 11 is 0. The number of benzene rings is 4. The van der Waals surface area contributed by atoms with E-state index in [0.717, 1.165) is 140 Å². The lowest BCUT2D eigenvalue weighted by molar-refractivity contribution is -0.438. The Balaban J connectivity index is 0.791. The van der Waals surface area contributed by atoms with Gasteiger partial charge in [0, 0.05) is 138 Å². The number of carbonyl (C=O) groups excluding carboxylic acids is 3. The van der Waals surface area contributed by atoms with Crippen LogP contribution in [0.2, 0.25) is 0 Å². The number of aromatic nitrogens is 4. The van der Waals surface area contributed by atoms with Crippen LogP contribution in [0.4, 0.5) is 20.6 Å². The van der Waals surface area contributed by atoms with Crippen molar-refractivity contribution in [3.63, 3.8) is 0 Å². The number of carbonyl (C=O) groups is 3. The predicted molar refractivity (Wildman–Crippen MR) is 454 cm³/mol. The molecule has 8 aromatic rings. The van der Waals surface area contributed by atoms with Gasteiger partial charge in [0.25, 0.3) is 0 Å². The van der Waals surface area contributed by atoms with E-state index in [1.807, 2.05) is 73.3 Å². The smallest absolute Gasteiger partial charge is 0.409 e.